The van der Waals surface area contributed by atoms with Crippen LogP contribution in [0.3, 0.4) is 0 Å². The van der Waals surface area contributed by atoms with Crippen LogP contribution in [0, 0.1) is 11.7 Å². The number of nitrogens with one attached hydrogen (secondary N) is 2. The highest BCUT2D eigenvalue weighted by molar-refractivity contribution is 6.44. The second-order valence-electron chi connectivity index (χ2n) is 9.30. The van der Waals surface area contributed by atoms with Gasteiger partial charge in [0.15, 0.2) is 0 Å². The fraction of sp³-hybridized carbons (Fsp3) is 0.458. The highest BCUT2D eigenvalue weighted by Crippen LogP contribution is 2.35. The highest BCUT2D eigenvalue weighted by atomic mass is 19.1. The van der Waals surface area contributed by atoms with Gasteiger partial charge in [-0.15, -0.1) is 0 Å². The number of hydrogen-bond donors (Lipinski definition) is 4. The van der Waals surface area contributed by atoms with Crippen molar-refractivity contribution < 1.29 is 38.4 Å². The molecule has 2 aromatic rings. The zero-order valence-electron chi connectivity index (χ0n) is 20.7. The fourth-order valence-electron chi connectivity index (χ4n) is 4.31. The minimum absolute atomic E-state index is 0.0430. The number of rotatable bonds is 11. The van der Waals surface area contributed by atoms with Gasteiger partial charge in [0.05, 0.1) is 31.0 Å². The van der Waals surface area contributed by atoms with E-state index in [1.54, 1.807) is 13.1 Å². The van der Waals surface area contributed by atoms with Crippen LogP contribution in [0.1, 0.15) is 43.0 Å². The maximum atomic E-state index is 14.6. The number of carbonyl (C=O) groups is 4. The molecule has 3 atom stereocenters. The van der Waals surface area contributed by atoms with Gasteiger partial charge >= 0.3 is 13.1 Å². The number of imidazole rings is 1. The van der Waals surface area contributed by atoms with Gasteiger partial charge < -0.3 is 34.9 Å². The Morgan fingerprint density at radius 2 is 1.97 bits per heavy atom. The van der Waals surface area contributed by atoms with E-state index in [0.717, 1.165) is 6.07 Å². The van der Waals surface area contributed by atoms with Gasteiger partial charge in [0.25, 0.3) is 5.91 Å². The third-order valence-corrected chi connectivity index (χ3v) is 6.62. The molecule has 0 bridgehead atoms. The van der Waals surface area contributed by atoms with E-state index in [9.17, 15) is 33.6 Å². The SMILES string of the molecule is CCOC(=O)CC(NC(=O)C1CCN1C(=O)C(NC(=O)c1ccc(-n2ccnc2)c(F)c1)C1CC1)B(O)O. The molecule has 1 saturated carbocycles. The van der Waals surface area contributed by atoms with E-state index < -0.39 is 61.1 Å². The number of likely N-dealkylation sites (tertiary alicyclic amines) is 1. The molecule has 14 heteroatoms. The molecule has 4 N–H and O–H groups in total. The van der Waals surface area contributed by atoms with E-state index in [1.165, 1.54) is 34.1 Å². The molecule has 3 unspecified atom stereocenters. The normalized spacial score (nSPS) is 18.1. The number of aromatic nitrogens is 2. The van der Waals surface area contributed by atoms with E-state index in [1.807, 2.05) is 0 Å². The monoisotopic (exact) mass is 529 g/mol. The van der Waals surface area contributed by atoms with Crippen molar-refractivity contribution in [2.45, 2.75) is 50.6 Å². The zero-order valence-corrected chi connectivity index (χ0v) is 20.7. The summed E-state index contributed by atoms with van der Waals surface area (Å²) in [5, 5.41) is 24.2. The van der Waals surface area contributed by atoms with Gasteiger partial charge in [-0.05, 0) is 50.3 Å². The van der Waals surface area contributed by atoms with Crippen LogP contribution >= 0.6 is 0 Å². The van der Waals surface area contributed by atoms with Crippen molar-refractivity contribution in [2.75, 3.05) is 13.2 Å². The third-order valence-electron chi connectivity index (χ3n) is 6.62. The number of carbonyl (C=O) groups excluding carboxylic acids is 4. The molecule has 4 rings (SSSR count). The molecule has 12 nitrogen and oxygen atoms in total. The Morgan fingerprint density at radius 1 is 1.21 bits per heavy atom. The second-order valence-corrected chi connectivity index (χ2v) is 9.30. The highest BCUT2D eigenvalue weighted by Gasteiger charge is 2.46. The smallest absolute Gasteiger partial charge is 0.466 e. The van der Waals surface area contributed by atoms with Crippen molar-refractivity contribution >= 4 is 30.8 Å². The summed E-state index contributed by atoms with van der Waals surface area (Å²) in [7, 11) is -2.01. The van der Waals surface area contributed by atoms with E-state index >= 15 is 0 Å². The molecular weight excluding hydrogens is 500 g/mol. The quantitative estimate of drug-likeness (QED) is 0.225. The van der Waals surface area contributed by atoms with Gasteiger partial charge in [-0.1, -0.05) is 0 Å². The lowest BCUT2D eigenvalue weighted by atomic mass is 9.77. The molecule has 1 saturated heterocycles. The number of nitrogens with zero attached hydrogens (tertiary/aromatic N) is 3. The Labute approximate surface area is 218 Å². The summed E-state index contributed by atoms with van der Waals surface area (Å²) in [6.07, 6.45) is 5.81. The largest absolute Gasteiger partial charge is 0.476 e. The van der Waals surface area contributed by atoms with Crippen LogP contribution in [0.4, 0.5) is 4.39 Å². The molecule has 2 fully saturated rings. The molecule has 38 heavy (non-hydrogen) atoms. The molecule has 1 aliphatic carbocycles. The molecule has 1 aliphatic heterocycles. The summed E-state index contributed by atoms with van der Waals surface area (Å²) < 4.78 is 20.9. The van der Waals surface area contributed by atoms with Crippen LogP contribution in [0.2, 0.25) is 0 Å². The van der Waals surface area contributed by atoms with Crippen molar-refractivity contribution in [2.24, 2.45) is 5.92 Å². The molecule has 0 radical (unpaired) electrons. The number of halogens is 1. The molecule has 1 aromatic heterocycles. The summed E-state index contributed by atoms with van der Waals surface area (Å²) in [6.45, 7) is 1.97. The van der Waals surface area contributed by atoms with Gasteiger partial charge in [-0.25, -0.2) is 9.37 Å². The Bertz CT molecular complexity index is 1190. The first-order chi connectivity index (χ1) is 18.2. The van der Waals surface area contributed by atoms with E-state index in [0.29, 0.717) is 19.3 Å². The summed E-state index contributed by atoms with van der Waals surface area (Å²) in [5.74, 6) is -4.48. The molecule has 0 spiro atoms. The van der Waals surface area contributed by atoms with Crippen LogP contribution < -0.4 is 10.6 Å². The Kier molecular flexibility index (Phi) is 8.42. The molecule has 2 heterocycles. The molecule has 202 valence electrons. The molecule has 2 aliphatic rings. The predicted octanol–water partition coefficient (Wildman–Crippen LogP) is -0.429. The summed E-state index contributed by atoms with van der Waals surface area (Å²) in [5.41, 5.74) is 0.263. The lowest BCUT2D eigenvalue weighted by molar-refractivity contribution is -0.150. The van der Waals surface area contributed by atoms with Crippen LogP contribution in [0.25, 0.3) is 5.69 Å². The van der Waals surface area contributed by atoms with Gasteiger partial charge in [-0.3, -0.25) is 19.2 Å². The van der Waals surface area contributed by atoms with Crippen LogP contribution in [0.15, 0.2) is 36.9 Å². The van der Waals surface area contributed by atoms with Gasteiger partial charge in [0.2, 0.25) is 11.8 Å². The third kappa shape index (κ3) is 6.19. The first kappa shape index (κ1) is 27.3. The van der Waals surface area contributed by atoms with E-state index in [-0.39, 0.29) is 30.3 Å². The average molecular weight is 529 g/mol. The molecule has 1 aromatic carbocycles. The van der Waals surface area contributed by atoms with Crippen molar-refractivity contribution in [3.05, 3.63) is 48.3 Å². The zero-order chi connectivity index (χ0) is 27.4. The average Bonchev–Trinajstić information content (AvgIpc) is 3.54. The van der Waals surface area contributed by atoms with E-state index in [4.69, 9.17) is 4.74 Å². The number of amides is 3. The number of esters is 1. The van der Waals surface area contributed by atoms with Crippen molar-refractivity contribution in [3.8, 4) is 5.69 Å². The topological polar surface area (TPSA) is 163 Å². The predicted molar refractivity (Wildman–Crippen MR) is 131 cm³/mol. The first-order valence-corrected chi connectivity index (χ1v) is 12.4. The molecule has 3 amide bonds. The van der Waals surface area contributed by atoms with Crippen molar-refractivity contribution in [1.82, 2.24) is 25.1 Å². The van der Waals surface area contributed by atoms with E-state index in [2.05, 4.69) is 15.6 Å². The maximum Gasteiger partial charge on any atom is 0.476 e. The minimum atomic E-state index is -2.01. The number of benzene rings is 1. The maximum absolute atomic E-state index is 14.6. The second kappa shape index (κ2) is 11.7. The first-order valence-electron chi connectivity index (χ1n) is 12.4. The fourth-order valence-corrected chi connectivity index (χ4v) is 4.31. The Morgan fingerprint density at radius 3 is 2.53 bits per heavy atom. The van der Waals surface area contributed by atoms with Crippen LogP contribution in [0.5, 0.6) is 0 Å². The Balaban J connectivity index is 1.40. The lowest BCUT2D eigenvalue weighted by Gasteiger charge is -2.42. The van der Waals surface area contributed by atoms with Gasteiger partial charge in [0, 0.05) is 24.5 Å². The number of ether oxygens (including phenoxy) is 1. The molecular formula is C24H29BFN5O7. The van der Waals surface area contributed by atoms with Crippen molar-refractivity contribution in [1.29, 1.82) is 0 Å². The standard InChI is InChI=1S/C24H29BFN5O7/c1-2-38-20(32)12-19(25(36)37)28-23(34)18-7-9-31(18)24(35)21(14-3-4-14)29-22(33)15-5-6-17(16(26)11-15)30-10-8-27-13-30/h5-6,8,10-11,13-14,18-19,21,36-37H,2-4,7,9,12H2,1H3,(H,28,34)(H,29,33). The summed E-state index contributed by atoms with van der Waals surface area (Å²) >= 11 is 0. The minimum Gasteiger partial charge on any atom is -0.466 e. The summed E-state index contributed by atoms with van der Waals surface area (Å²) in [4.78, 5) is 56.0. The van der Waals surface area contributed by atoms with Crippen LogP contribution in [-0.2, 0) is 19.1 Å². The van der Waals surface area contributed by atoms with Crippen molar-refractivity contribution in [3.63, 3.8) is 0 Å². The number of hydrogen-bond acceptors (Lipinski definition) is 8. The van der Waals surface area contributed by atoms with Crippen LogP contribution in [-0.4, -0.2) is 86.5 Å². The van der Waals surface area contributed by atoms with Gasteiger partial charge in [0.1, 0.15) is 17.9 Å². The lowest BCUT2D eigenvalue weighted by Crippen LogP contribution is -2.64. The van der Waals surface area contributed by atoms with Gasteiger partial charge in [-0.2, -0.15) is 0 Å². The summed E-state index contributed by atoms with van der Waals surface area (Å²) in [6, 6.07) is 2.19. The Hall–Kier alpha value is -3.78.